The minimum atomic E-state index is 0.0175. The fourth-order valence-electron chi connectivity index (χ4n) is 2.09. The van der Waals surface area contributed by atoms with Gasteiger partial charge in [0, 0.05) is 24.3 Å². The Labute approximate surface area is 113 Å². The van der Waals surface area contributed by atoms with E-state index in [4.69, 9.17) is 17.3 Å². The van der Waals surface area contributed by atoms with E-state index >= 15 is 0 Å². The third-order valence-corrected chi connectivity index (χ3v) is 3.38. The predicted molar refractivity (Wildman–Crippen MR) is 74.6 cm³/mol. The molecule has 96 valence electrons. The first-order valence-electron chi connectivity index (χ1n) is 6.05. The van der Waals surface area contributed by atoms with Crippen LogP contribution in [-0.4, -0.2) is 9.78 Å². The van der Waals surface area contributed by atoms with Gasteiger partial charge in [-0.15, -0.1) is 0 Å². The Kier molecular flexibility index (Phi) is 4.04. The van der Waals surface area contributed by atoms with Crippen LogP contribution in [0.1, 0.15) is 29.2 Å². The molecule has 0 fully saturated rings. The van der Waals surface area contributed by atoms with Gasteiger partial charge in [0.1, 0.15) is 0 Å². The summed E-state index contributed by atoms with van der Waals surface area (Å²) in [6.45, 7) is 2.07. The zero-order valence-electron chi connectivity index (χ0n) is 10.7. The van der Waals surface area contributed by atoms with Gasteiger partial charge in [-0.25, -0.2) is 0 Å². The van der Waals surface area contributed by atoms with Gasteiger partial charge in [-0.05, 0) is 48.6 Å². The number of benzene rings is 1. The smallest absolute Gasteiger partial charge is 0.0521 e. The molecule has 0 radical (unpaired) electrons. The maximum absolute atomic E-state index is 6.23. The van der Waals surface area contributed by atoms with Crippen LogP contribution in [-0.2, 0) is 13.5 Å². The molecule has 0 aliphatic carbocycles. The fourth-order valence-corrected chi connectivity index (χ4v) is 2.27. The molecule has 1 atom stereocenters. The minimum absolute atomic E-state index is 0.0175. The first-order valence-corrected chi connectivity index (χ1v) is 6.43. The first-order chi connectivity index (χ1) is 8.56. The highest BCUT2D eigenvalue weighted by Gasteiger charge is 2.10. The average Bonchev–Trinajstić information content (AvgIpc) is 2.75. The zero-order chi connectivity index (χ0) is 13.1. The van der Waals surface area contributed by atoms with Crippen LogP contribution in [0.4, 0.5) is 0 Å². The predicted octanol–water partition coefficient (Wildman–Crippen LogP) is 3.01. The average molecular weight is 264 g/mol. The van der Waals surface area contributed by atoms with Crippen molar-refractivity contribution in [2.45, 2.75) is 25.8 Å². The summed E-state index contributed by atoms with van der Waals surface area (Å²) in [4.78, 5) is 0. The van der Waals surface area contributed by atoms with Crippen molar-refractivity contribution >= 4 is 11.6 Å². The van der Waals surface area contributed by atoms with E-state index in [2.05, 4.69) is 12.0 Å². The van der Waals surface area contributed by atoms with Gasteiger partial charge < -0.3 is 5.73 Å². The summed E-state index contributed by atoms with van der Waals surface area (Å²) in [6.07, 6.45) is 5.74. The van der Waals surface area contributed by atoms with Crippen LogP contribution in [0.2, 0.25) is 5.02 Å². The zero-order valence-corrected chi connectivity index (χ0v) is 11.5. The van der Waals surface area contributed by atoms with E-state index in [-0.39, 0.29) is 6.04 Å². The molecule has 2 rings (SSSR count). The lowest BCUT2D eigenvalue weighted by Crippen LogP contribution is -2.12. The van der Waals surface area contributed by atoms with Crippen molar-refractivity contribution in [3.8, 4) is 0 Å². The maximum atomic E-state index is 6.23. The summed E-state index contributed by atoms with van der Waals surface area (Å²) in [5, 5.41) is 4.90. The Balaban J connectivity index is 2.03. The van der Waals surface area contributed by atoms with E-state index in [0.29, 0.717) is 0 Å². The Bertz CT molecular complexity index is 534. The monoisotopic (exact) mass is 263 g/mol. The number of nitrogens with zero attached hydrogens (tertiary/aromatic N) is 2. The molecule has 3 nitrogen and oxygen atoms in total. The van der Waals surface area contributed by atoms with Crippen molar-refractivity contribution in [1.29, 1.82) is 0 Å². The molecule has 1 aromatic heterocycles. The second-order valence-corrected chi connectivity index (χ2v) is 5.10. The summed E-state index contributed by atoms with van der Waals surface area (Å²) in [6, 6.07) is 5.89. The molecule has 0 amide bonds. The van der Waals surface area contributed by atoms with E-state index in [1.165, 1.54) is 11.1 Å². The molecule has 0 aliphatic heterocycles. The summed E-state index contributed by atoms with van der Waals surface area (Å²) in [5.74, 6) is 0. The number of aromatic nitrogens is 2. The molecular weight excluding hydrogens is 246 g/mol. The molecule has 1 aromatic carbocycles. The van der Waals surface area contributed by atoms with E-state index in [0.717, 1.165) is 23.4 Å². The molecule has 2 N–H and O–H groups in total. The lowest BCUT2D eigenvalue weighted by atomic mass is 9.97. The SMILES string of the molecule is Cc1ccc(Cl)cc1C(N)CCc1cnn(C)c1. The van der Waals surface area contributed by atoms with Crippen molar-refractivity contribution in [3.63, 3.8) is 0 Å². The van der Waals surface area contributed by atoms with E-state index in [9.17, 15) is 0 Å². The van der Waals surface area contributed by atoms with Gasteiger partial charge in [0.15, 0.2) is 0 Å². The Morgan fingerprint density at radius 3 is 2.89 bits per heavy atom. The van der Waals surface area contributed by atoms with E-state index in [1.807, 2.05) is 42.3 Å². The quantitative estimate of drug-likeness (QED) is 0.922. The molecule has 18 heavy (non-hydrogen) atoms. The molecule has 1 heterocycles. The van der Waals surface area contributed by atoms with Gasteiger partial charge in [-0.2, -0.15) is 5.10 Å². The second-order valence-electron chi connectivity index (χ2n) is 4.67. The lowest BCUT2D eigenvalue weighted by molar-refractivity contribution is 0.647. The normalized spacial score (nSPS) is 12.7. The molecule has 0 saturated carbocycles. The number of aryl methyl sites for hydroxylation is 3. The Morgan fingerprint density at radius 2 is 2.22 bits per heavy atom. The van der Waals surface area contributed by atoms with E-state index in [1.54, 1.807) is 0 Å². The van der Waals surface area contributed by atoms with Gasteiger partial charge in [0.05, 0.1) is 6.20 Å². The van der Waals surface area contributed by atoms with Crippen molar-refractivity contribution in [3.05, 3.63) is 52.3 Å². The number of halogens is 1. The van der Waals surface area contributed by atoms with Crippen molar-refractivity contribution in [1.82, 2.24) is 9.78 Å². The largest absolute Gasteiger partial charge is 0.324 e. The standard InChI is InChI=1S/C14H18ClN3/c1-10-3-5-12(15)7-13(10)14(16)6-4-11-8-17-18(2)9-11/h3,5,7-9,14H,4,6,16H2,1-2H3. The molecule has 4 heteroatoms. The number of rotatable bonds is 4. The number of nitrogens with two attached hydrogens (primary N) is 1. The Morgan fingerprint density at radius 1 is 1.44 bits per heavy atom. The van der Waals surface area contributed by atoms with Gasteiger partial charge in [-0.1, -0.05) is 17.7 Å². The van der Waals surface area contributed by atoms with Crippen LogP contribution in [0.3, 0.4) is 0 Å². The molecule has 1 unspecified atom stereocenters. The van der Waals surface area contributed by atoms with Crippen LogP contribution < -0.4 is 5.73 Å². The van der Waals surface area contributed by atoms with Crippen LogP contribution in [0.25, 0.3) is 0 Å². The third kappa shape index (κ3) is 3.12. The van der Waals surface area contributed by atoms with Gasteiger partial charge in [0.25, 0.3) is 0 Å². The summed E-state index contributed by atoms with van der Waals surface area (Å²) in [7, 11) is 1.92. The Hall–Kier alpha value is -1.32. The van der Waals surface area contributed by atoms with E-state index < -0.39 is 0 Å². The number of hydrogen-bond acceptors (Lipinski definition) is 2. The maximum Gasteiger partial charge on any atom is 0.0521 e. The topological polar surface area (TPSA) is 43.8 Å². The molecular formula is C14H18ClN3. The van der Waals surface area contributed by atoms with Crippen molar-refractivity contribution in [2.24, 2.45) is 12.8 Å². The molecule has 0 aliphatic rings. The highest BCUT2D eigenvalue weighted by Crippen LogP contribution is 2.23. The van der Waals surface area contributed by atoms with Gasteiger partial charge >= 0.3 is 0 Å². The third-order valence-electron chi connectivity index (χ3n) is 3.14. The molecule has 0 saturated heterocycles. The van der Waals surface area contributed by atoms with Crippen LogP contribution in [0.5, 0.6) is 0 Å². The highest BCUT2D eigenvalue weighted by atomic mass is 35.5. The second kappa shape index (κ2) is 5.55. The fraction of sp³-hybridized carbons (Fsp3) is 0.357. The molecule has 0 spiro atoms. The summed E-state index contributed by atoms with van der Waals surface area (Å²) in [5.41, 5.74) is 9.77. The van der Waals surface area contributed by atoms with Crippen LogP contribution in [0, 0.1) is 6.92 Å². The van der Waals surface area contributed by atoms with Crippen molar-refractivity contribution < 1.29 is 0 Å². The highest BCUT2D eigenvalue weighted by molar-refractivity contribution is 6.30. The molecule has 2 aromatic rings. The van der Waals surface area contributed by atoms with Gasteiger partial charge in [0.2, 0.25) is 0 Å². The summed E-state index contributed by atoms with van der Waals surface area (Å²) < 4.78 is 1.81. The van der Waals surface area contributed by atoms with Crippen molar-refractivity contribution in [2.75, 3.05) is 0 Å². The van der Waals surface area contributed by atoms with Gasteiger partial charge in [-0.3, -0.25) is 4.68 Å². The van der Waals surface area contributed by atoms with Crippen LogP contribution in [0.15, 0.2) is 30.6 Å². The summed E-state index contributed by atoms with van der Waals surface area (Å²) >= 11 is 6.01. The van der Waals surface area contributed by atoms with Crippen LogP contribution >= 0.6 is 11.6 Å². The number of hydrogen-bond donors (Lipinski definition) is 1. The first kappa shape index (κ1) is 13.1. The minimum Gasteiger partial charge on any atom is -0.324 e. The lowest BCUT2D eigenvalue weighted by Gasteiger charge is -2.14. The molecule has 0 bridgehead atoms.